The van der Waals surface area contributed by atoms with Gasteiger partial charge in [0.25, 0.3) is 0 Å². The van der Waals surface area contributed by atoms with Crippen LogP contribution in [0.3, 0.4) is 0 Å². The molecule has 0 aliphatic rings. The maximum absolute atomic E-state index is 12.7. The molecule has 3 heteroatoms. The van der Waals surface area contributed by atoms with E-state index in [1.54, 1.807) is 6.07 Å². The maximum Gasteiger partial charge on any atom is 0.113 e. The molecule has 0 amide bonds. The number of hydrogen-bond donors (Lipinski definition) is 1. The highest BCUT2D eigenvalue weighted by Crippen LogP contribution is 2.13. The van der Waals surface area contributed by atoms with Crippen LogP contribution in [0.1, 0.15) is 12.5 Å². The van der Waals surface area contributed by atoms with Crippen molar-refractivity contribution in [2.45, 2.75) is 25.6 Å². The van der Waals surface area contributed by atoms with Crippen LogP contribution in [0, 0.1) is 0 Å². The van der Waals surface area contributed by atoms with Crippen LogP contribution in [-0.4, -0.2) is 12.2 Å². The fourth-order valence-corrected chi connectivity index (χ4v) is 1.31. The van der Waals surface area contributed by atoms with Crippen LogP contribution in [0.2, 0.25) is 5.02 Å². The van der Waals surface area contributed by atoms with Crippen molar-refractivity contribution in [3.8, 4) is 0 Å². The molecule has 0 fully saturated rings. The molecular formula is C10H13ClFN. The van der Waals surface area contributed by atoms with Gasteiger partial charge in [0.2, 0.25) is 0 Å². The van der Waals surface area contributed by atoms with E-state index in [0.717, 1.165) is 5.56 Å². The first-order chi connectivity index (χ1) is 6.09. The highest BCUT2D eigenvalue weighted by molar-refractivity contribution is 6.30. The van der Waals surface area contributed by atoms with Crippen LogP contribution in [0.5, 0.6) is 0 Å². The van der Waals surface area contributed by atoms with Crippen LogP contribution in [-0.2, 0) is 6.42 Å². The Hall–Kier alpha value is -0.600. The molecule has 1 aromatic rings. The molecule has 72 valence electrons. The second-order valence-electron chi connectivity index (χ2n) is 3.18. The average molecular weight is 202 g/mol. The Morgan fingerprint density at radius 1 is 1.54 bits per heavy atom. The summed E-state index contributed by atoms with van der Waals surface area (Å²) < 4.78 is 12.7. The molecule has 0 bridgehead atoms. The van der Waals surface area contributed by atoms with Gasteiger partial charge in [-0.2, -0.15) is 0 Å². The molecule has 13 heavy (non-hydrogen) atoms. The molecule has 0 radical (unpaired) electrons. The Morgan fingerprint density at radius 2 is 2.23 bits per heavy atom. The molecule has 0 saturated heterocycles. The van der Waals surface area contributed by atoms with E-state index in [1.165, 1.54) is 6.92 Å². The molecule has 0 saturated carbocycles. The zero-order valence-corrected chi connectivity index (χ0v) is 8.26. The third kappa shape index (κ3) is 3.33. The van der Waals surface area contributed by atoms with Gasteiger partial charge in [0.15, 0.2) is 0 Å². The van der Waals surface area contributed by atoms with Crippen molar-refractivity contribution in [3.63, 3.8) is 0 Å². The zero-order chi connectivity index (χ0) is 9.84. The van der Waals surface area contributed by atoms with E-state index in [2.05, 4.69) is 0 Å². The molecule has 1 rings (SSSR count). The average Bonchev–Trinajstić information content (AvgIpc) is 2.04. The minimum Gasteiger partial charge on any atom is -0.325 e. The zero-order valence-electron chi connectivity index (χ0n) is 7.50. The molecule has 1 aromatic carbocycles. The summed E-state index contributed by atoms with van der Waals surface area (Å²) in [6.45, 7) is 1.47. The van der Waals surface area contributed by atoms with Crippen molar-refractivity contribution in [1.29, 1.82) is 0 Å². The molecule has 0 heterocycles. The van der Waals surface area contributed by atoms with Crippen LogP contribution < -0.4 is 5.73 Å². The van der Waals surface area contributed by atoms with Gasteiger partial charge < -0.3 is 5.73 Å². The summed E-state index contributed by atoms with van der Waals surface area (Å²) in [7, 11) is 0. The first-order valence-electron chi connectivity index (χ1n) is 4.23. The largest absolute Gasteiger partial charge is 0.325 e. The Kier molecular flexibility index (Phi) is 3.70. The molecule has 0 spiro atoms. The summed E-state index contributed by atoms with van der Waals surface area (Å²) >= 11 is 5.77. The topological polar surface area (TPSA) is 26.0 Å². The number of benzene rings is 1. The van der Waals surface area contributed by atoms with Gasteiger partial charge in [0, 0.05) is 11.1 Å². The Labute approximate surface area is 82.7 Å². The lowest BCUT2D eigenvalue weighted by atomic mass is 10.0. The van der Waals surface area contributed by atoms with Crippen molar-refractivity contribution in [3.05, 3.63) is 34.9 Å². The minimum absolute atomic E-state index is 0.446. The normalized spacial score (nSPS) is 15.4. The highest BCUT2D eigenvalue weighted by atomic mass is 35.5. The van der Waals surface area contributed by atoms with Gasteiger partial charge in [-0.25, -0.2) is 4.39 Å². The van der Waals surface area contributed by atoms with Crippen molar-refractivity contribution in [2.75, 3.05) is 0 Å². The molecule has 0 aliphatic carbocycles. The molecule has 1 nitrogen and oxygen atoms in total. The van der Waals surface area contributed by atoms with Crippen molar-refractivity contribution in [2.24, 2.45) is 5.73 Å². The number of halogens is 2. The fourth-order valence-electron chi connectivity index (χ4n) is 1.10. The Morgan fingerprint density at radius 3 is 2.77 bits per heavy atom. The van der Waals surface area contributed by atoms with Gasteiger partial charge in [-0.1, -0.05) is 23.7 Å². The maximum atomic E-state index is 12.7. The summed E-state index contributed by atoms with van der Waals surface area (Å²) in [6.07, 6.45) is -0.461. The summed E-state index contributed by atoms with van der Waals surface area (Å²) in [5.41, 5.74) is 6.56. The number of alkyl halides is 1. The van der Waals surface area contributed by atoms with Crippen molar-refractivity contribution >= 4 is 11.6 Å². The fraction of sp³-hybridized carbons (Fsp3) is 0.400. The summed E-state index contributed by atoms with van der Waals surface area (Å²) in [4.78, 5) is 0. The highest BCUT2D eigenvalue weighted by Gasteiger charge is 2.11. The van der Waals surface area contributed by atoms with Gasteiger partial charge in [0.1, 0.15) is 6.17 Å². The molecule has 2 unspecified atom stereocenters. The van der Waals surface area contributed by atoms with Crippen LogP contribution in [0.25, 0.3) is 0 Å². The van der Waals surface area contributed by atoms with E-state index in [9.17, 15) is 4.39 Å². The van der Waals surface area contributed by atoms with E-state index in [4.69, 9.17) is 17.3 Å². The molecule has 0 aromatic heterocycles. The molecule has 2 atom stereocenters. The lowest BCUT2D eigenvalue weighted by Crippen LogP contribution is -2.31. The SMILES string of the molecule is CC(F)C(N)Cc1cccc(Cl)c1. The van der Waals surface area contributed by atoms with E-state index in [1.807, 2.05) is 18.2 Å². The molecular weight excluding hydrogens is 189 g/mol. The monoisotopic (exact) mass is 201 g/mol. The lowest BCUT2D eigenvalue weighted by molar-refractivity contribution is 0.304. The molecule has 0 aliphatic heterocycles. The predicted octanol–water partition coefficient (Wildman–Crippen LogP) is 2.57. The smallest absolute Gasteiger partial charge is 0.113 e. The lowest BCUT2D eigenvalue weighted by Gasteiger charge is -2.12. The van der Waals surface area contributed by atoms with E-state index in [-0.39, 0.29) is 0 Å². The van der Waals surface area contributed by atoms with Crippen LogP contribution in [0.15, 0.2) is 24.3 Å². The predicted molar refractivity (Wildman–Crippen MR) is 53.7 cm³/mol. The number of hydrogen-bond acceptors (Lipinski definition) is 1. The van der Waals surface area contributed by atoms with Crippen LogP contribution in [0.4, 0.5) is 4.39 Å². The van der Waals surface area contributed by atoms with E-state index < -0.39 is 12.2 Å². The first-order valence-corrected chi connectivity index (χ1v) is 4.61. The van der Waals surface area contributed by atoms with Gasteiger partial charge in [-0.15, -0.1) is 0 Å². The van der Waals surface area contributed by atoms with Gasteiger partial charge in [0.05, 0.1) is 0 Å². The standard InChI is InChI=1S/C10H13ClFN/c1-7(12)10(13)6-8-3-2-4-9(11)5-8/h2-5,7,10H,6,13H2,1H3. The Bertz CT molecular complexity index is 275. The summed E-state index contributed by atoms with van der Waals surface area (Å²) in [6, 6.07) is 6.89. The van der Waals surface area contributed by atoms with E-state index >= 15 is 0 Å². The quantitative estimate of drug-likeness (QED) is 0.799. The first kappa shape index (κ1) is 10.5. The van der Waals surface area contributed by atoms with E-state index in [0.29, 0.717) is 11.4 Å². The second kappa shape index (κ2) is 4.58. The minimum atomic E-state index is -0.987. The third-order valence-electron chi connectivity index (χ3n) is 1.95. The third-order valence-corrected chi connectivity index (χ3v) is 2.19. The van der Waals surface area contributed by atoms with Gasteiger partial charge in [-0.05, 0) is 31.0 Å². The van der Waals surface area contributed by atoms with Crippen molar-refractivity contribution in [1.82, 2.24) is 0 Å². The summed E-state index contributed by atoms with van der Waals surface area (Å²) in [5, 5.41) is 0.663. The second-order valence-corrected chi connectivity index (χ2v) is 3.61. The van der Waals surface area contributed by atoms with Crippen molar-refractivity contribution < 1.29 is 4.39 Å². The van der Waals surface area contributed by atoms with Crippen LogP contribution >= 0.6 is 11.6 Å². The number of rotatable bonds is 3. The Balaban J connectivity index is 2.64. The number of nitrogens with two attached hydrogens (primary N) is 1. The summed E-state index contributed by atoms with van der Waals surface area (Å²) in [5.74, 6) is 0. The van der Waals surface area contributed by atoms with Gasteiger partial charge >= 0.3 is 0 Å². The molecule has 2 N–H and O–H groups in total. The van der Waals surface area contributed by atoms with Gasteiger partial charge in [-0.3, -0.25) is 0 Å².